The molecule has 0 unspecified atom stereocenters. The van der Waals surface area contributed by atoms with Gasteiger partial charge < -0.3 is 24.3 Å². The van der Waals surface area contributed by atoms with Gasteiger partial charge in [-0.05, 0) is 26.0 Å². The van der Waals surface area contributed by atoms with Crippen LogP contribution in [0.3, 0.4) is 0 Å². The van der Waals surface area contributed by atoms with Crippen LogP contribution >= 0.6 is 0 Å². The van der Waals surface area contributed by atoms with Gasteiger partial charge in [-0.15, -0.1) is 0 Å². The molecule has 2 aromatic rings. The molecule has 1 aromatic carbocycles. The first-order valence-corrected chi connectivity index (χ1v) is 8.89. The lowest BCUT2D eigenvalue weighted by Crippen LogP contribution is -2.52. The Balaban J connectivity index is 1.57. The predicted octanol–water partition coefficient (Wildman–Crippen LogP) is 2.20. The Kier molecular flexibility index (Phi) is 5.65. The molecule has 1 saturated heterocycles. The van der Waals surface area contributed by atoms with Crippen molar-refractivity contribution in [3.05, 3.63) is 41.6 Å². The molecule has 3 rings (SSSR count). The molecule has 1 aromatic heterocycles. The van der Waals surface area contributed by atoms with Crippen LogP contribution in [0.25, 0.3) is 0 Å². The number of rotatable bonds is 4. The van der Waals surface area contributed by atoms with Gasteiger partial charge in [0.2, 0.25) is 5.89 Å². The van der Waals surface area contributed by atoms with E-state index in [9.17, 15) is 0 Å². The Morgan fingerprint density at radius 2 is 1.96 bits per heavy atom. The quantitative estimate of drug-likeness (QED) is 0.668. The largest absolute Gasteiger partial charge is 0.495 e. The Morgan fingerprint density at radius 1 is 1.23 bits per heavy atom. The molecule has 0 saturated carbocycles. The molecule has 0 radical (unpaired) electrons. The van der Waals surface area contributed by atoms with E-state index in [0.29, 0.717) is 12.4 Å². The molecule has 0 spiro atoms. The fraction of sp³-hybridized carbons (Fsp3) is 0.474. The number of oxazole rings is 1. The second kappa shape index (κ2) is 8.12. The second-order valence-corrected chi connectivity index (χ2v) is 6.30. The van der Waals surface area contributed by atoms with E-state index < -0.39 is 0 Å². The lowest BCUT2D eigenvalue weighted by molar-refractivity contribution is 0.363. The smallest absolute Gasteiger partial charge is 0.214 e. The zero-order valence-corrected chi connectivity index (χ0v) is 16.0. The number of hydrogen-bond donors (Lipinski definition) is 1. The Hall–Kier alpha value is -2.70. The number of aryl methyl sites for hydroxylation is 2. The standard InChI is InChI=1S/C19H27N5O2/c1-14-15(2)26-18(22-14)13-21-19(20-3)24-11-9-23(10-12-24)16-7-5-6-8-17(16)25-4/h5-8H,9-13H2,1-4H3,(H,20,21). The minimum atomic E-state index is 0.536. The molecule has 1 aliphatic heterocycles. The number of guanidine groups is 1. The summed E-state index contributed by atoms with van der Waals surface area (Å²) in [7, 11) is 3.52. The fourth-order valence-electron chi connectivity index (χ4n) is 3.15. The van der Waals surface area contributed by atoms with Gasteiger partial charge >= 0.3 is 0 Å². The molecule has 2 heterocycles. The fourth-order valence-corrected chi connectivity index (χ4v) is 3.15. The average molecular weight is 357 g/mol. The van der Waals surface area contributed by atoms with Gasteiger partial charge in [0.25, 0.3) is 0 Å². The van der Waals surface area contributed by atoms with Crippen LogP contribution in [0.5, 0.6) is 5.75 Å². The average Bonchev–Trinajstić information content (AvgIpc) is 3.00. The van der Waals surface area contributed by atoms with Crippen molar-refractivity contribution in [3.63, 3.8) is 0 Å². The van der Waals surface area contributed by atoms with E-state index in [1.807, 2.05) is 32.0 Å². The van der Waals surface area contributed by atoms with Crippen LogP contribution in [0.2, 0.25) is 0 Å². The lowest BCUT2D eigenvalue weighted by atomic mass is 10.2. The summed E-state index contributed by atoms with van der Waals surface area (Å²) >= 11 is 0. The van der Waals surface area contributed by atoms with Crippen LogP contribution in [-0.2, 0) is 6.54 Å². The highest BCUT2D eigenvalue weighted by molar-refractivity contribution is 5.80. The maximum absolute atomic E-state index is 5.63. The number of ether oxygens (including phenoxy) is 1. The maximum atomic E-state index is 5.63. The number of aromatic nitrogens is 1. The molecule has 7 nitrogen and oxygen atoms in total. The van der Waals surface area contributed by atoms with Crippen molar-refractivity contribution in [2.24, 2.45) is 4.99 Å². The number of aliphatic imine (C=N–C) groups is 1. The van der Waals surface area contributed by atoms with Crippen LogP contribution in [0.4, 0.5) is 5.69 Å². The number of hydrogen-bond acceptors (Lipinski definition) is 5. The number of anilines is 1. The normalized spacial score (nSPS) is 15.3. The minimum absolute atomic E-state index is 0.536. The molecule has 1 aliphatic rings. The van der Waals surface area contributed by atoms with E-state index in [2.05, 4.69) is 31.2 Å². The Labute approximate surface area is 154 Å². The van der Waals surface area contributed by atoms with Crippen LogP contribution in [0, 0.1) is 13.8 Å². The van der Waals surface area contributed by atoms with E-state index >= 15 is 0 Å². The van der Waals surface area contributed by atoms with Gasteiger partial charge in [0.15, 0.2) is 5.96 Å². The molecular weight excluding hydrogens is 330 g/mol. The highest BCUT2D eigenvalue weighted by atomic mass is 16.5. The summed E-state index contributed by atoms with van der Waals surface area (Å²) in [5.74, 6) is 3.34. The summed E-state index contributed by atoms with van der Waals surface area (Å²) in [6.45, 7) is 8.03. The van der Waals surface area contributed by atoms with Gasteiger partial charge in [0.1, 0.15) is 11.5 Å². The third-order valence-electron chi connectivity index (χ3n) is 4.69. The summed E-state index contributed by atoms with van der Waals surface area (Å²) < 4.78 is 11.1. The first-order chi connectivity index (χ1) is 12.6. The molecule has 140 valence electrons. The topological polar surface area (TPSA) is 66.1 Å². The van der Waals surface area contributed by atoms with Crippen LogP contribution in [-0.4, -0.2) is 56.2 Å². The van der Waals surface area contributed by atoms with Crippen LogP contribution < -0.4 is 15.0 Å². The van der Waals surface area contributed by atoms with E-state index in [0.717, 1.165) is 55.0 Å². The van der Waals surface area contributed by atoms with Crippen LogP contribution in [0.1, 0.15) is 17.3 Å². The summed E-state index contributed by atoms with van der Waals surface area (Å²) in [6, 6.07) is 8.15. The molecule has 0 amide bonds. The third kappa shape index (κ3) is 3.92. The molecule has 0 aliphatic carbocycles. The minimum Gasteiger partial charge on any atom is -0.495 e. The SMILES string of the molecule is CN=C(NCc1nc(C)c(C)o1)N1CCN(c2ccccc2OC)CC1. The zero-order chi connectivity index (χ0) is 18.5. The lowest BCUT2D eigenvalue weighted by Gasteiger charge is -2.38. The molecule has 7 heteroatoms. The van der Waals surface area contributed by atoms with Crippen molar-refractivity contribution in [2.45, 2.75) is 20.4 Å². The van der Waals surface area contributed by atoms with Gasteiger partial charge in [0.05, 0.1) is 25.0 Å². The van der Waals surface area contributed by atoms with Gasteiger partial charge in [-0.1, -0.05) is 12.1 Å². The predicted molar refractivity (Wildman–Crippen MR) is 103 cm³/mol. The highest BCUT2D eigenvalue weighted by Gasteiger charge is 2.21. The molecule has 1 N–H and O–H groups in total. The summed E-state index contributed by atoms with van der Waals surface area (Å²) in [5, 5.41) is 3.35. The van der Waals surface area contributed by atoms with Crippen LogP contribution in [0.15, 0.2) is 33.7 Å². The van der Waals surface area contributed by atoms with Crippen molar-refractivity contribution in [1.82, 2.24) is 15.2 Å². The summed E-state index contributed by atoms with van der Waals surface area (Å²) in [6.07, 6.45) is 0. The molecule has 26 heavy (non-hydrogen) atoms. The maximum Gasteiger partial charge on any atom is 0.214 e. The molecule has 0 atom stereocenters. The first-order valence-electron chi connectivity index (χ1n) is 8.89. The first kappa shape index (κ1) is 18.1. The van der Waals surface area contributed by atoms with E-state index in [1.54, 1.807) is 14.2 Å². The molecule has 1 fully saturated rings. The van der Waals surface area contributed by atoms with Gasteiger partial charge in [-0.3, -0.25) is 4.99 Å². The third-order valence-corrected chi connectivity index (χ3v) is 4.69. The van der Waals surface area contributed by atoms with Crippen molar-refractivity contribution < 1.29 is 9.15 Å². The summed E-state index contributed by atoms with van der Waals surface area (Å²) in [4.78, 5) is 13.4. The monoisotopic (exact) mass is 357 g/mol. The van der Waals surface area contributed by atoms with E-state index in [1.165, 1.54) is 0 Å². The van der Waals surface area contributed by atoms with Gasteiger partial charge in [-0.2, -0.15) is 0 Å². The van der Waals surface area contributed by atoms with Crippen molar-refractivity contribution in [1.29, 1.82) is 0 Å². The molecule has 0 bridgehead atoms. The number of piperazine rings is 1. The van der Waals surface area contributed by atoms with Crippen molar-refractivity contribution in [2.75, 3.05) is 45.2 Å². The Bertz CT molecular complexity index is 744. The zero-order valence-electron chi connectivity index (χ0n) is 16.0. The van der Waals surface area contributed by atoms with Gasteiger partial charge in [-0.25, -0.2) is 4.98 Å². The number of nitrogens with zero attached hydrogens (tertiary/aromatic N) is 4. The molecular formula is C19H27N5O2. The van der Waals surface area contributed by atoms with Crippen molar-refractivity contribution >= 4 is 11.6 Å². The number of benzene rings is 1. The summed E-state index contributed by atoms with van der Waals surface area (Å²) in [5.41, 5.74) is 2.07. The number of nitrogens with one attached hydrogen (secondary N) is 1. The van der Waals surface area contributed by atoms with E-state index in [4.69, 9.17) is 9.15 Å². The second-order valence-electron chi connectivity index (χ2n) is 6.30. The number of methoxy groups -OCH3 is 1. The number of para-hydroxylation sites is 2. The van der Waals surface area contributed by atoms with E-state index in [-0.39, 0.29) is 0 Å². The highest BCUT2D eigenvalue weighted by Crippen LogP contribution is 2.28. The van der Waals surface area contributed by atoms with Crippen molar-refractivity contribution in [3.8, 4) is 5.75 Å². The Morgan fingerprint density at radius 3 is 2.58 bits per heavy atom. The van der Waals surface area contributed by atoms with Gasteiger partial charge in [0, 0.05) is 33.2 Å².